The molecule has 9 heteroatoms. The van der Waals surface area contributed by atoms with E-state index < -0.39 is 11.9 Å². The van der Waals surface area contributed by atoms with Gasteiger partial charge in [-0.3, -0.25) is 19.3 Å². The summed E-state index contributed by atoms with van der Waals surface area (Å²) in [7, 11) is 0. The number of ether oxygens (including phenoxy) is 1. The largest absolute Gasteiger partial charge is 0.492 e. The highest BCUT2D eigenvalue weighted by Gasteiger charge is 2.35. The molecule has 1 aliphatic rings. The van der Waals surface area contributed by atoms with E-state index in [0.717, 1.165) is 32.1 Å². The Morgan fingerprint density at radius 3 is 2.41 bits per heavy atom. The Morgan fingerprint density at radius 2 is 1.71 bits per heavy atom. The van der Waals surface area contributed by atoms with E-state index >= 15 is 0 Å². The zero-order valence-corrected chi connectivity index (χ0v) is 23.4. The molecular weight excluding hydrogens is 523 g/mol. The molecule has 0 radical (unpaired) electrons. The number of halogens is 1. The number of hydrogen-bond donors (Lipinski definition) is 2. The highest BCUT2D eigenvalue weighted by Crippen LogP contribution is 2.36. The zero-order chi connectivity index (χ0) is 29.0. The molecule has 0 bridgehead atoms. The van der Waals surface area contributed by atoms with E-state index in [1.807, 2.05) is 6.92 Å². The molecule has 1 aliphatic carbocycles. The first-order chi connectivity index (χ1) is 20.0. The fourth-order valence-corrected chi connectivity index (χ4v) is 5.10. The lowest BCUT2D eigenvalue weighted by molar-refractivity contribution is -0.127. The van der Waals surface area contributed by atoms with Crippen molar-refractivity contribution in [2.45, 2.75) is 70.4 Å². The number of nitrogens with one attached hydrogen (secondary N) is 2. The number of benzene rings is 2. The van der Waals surface area contributed by atoms with Gasteiger partial charge in [-0.1, -0.05) is 49.6 Å². The lowest BCUT2D eigenvalue weighted by Crippen LogP contribution is -2.47. The molecule has 0 aliphatic heterocycles. The van der Waals surface area contributed by atoms with E-state index in [2.05, 4.69) is 15.6 Å². The minimum absolute atomic E-state index is 0.00447. The Bertz CT molecular complexity index is 1300. The van der Waals surface area contributed by atoms with E-state index in [1.54, 1.807) is 48.7 Å². The molecular formula is C32H37FN4O4. The summed E-state index contributed by atoms with van der Waals surface area (Å²) in [4.78, 5) is 46.0. The van der Waals surface area contributed by atoms with E-state index in [4.69, 9.17) is 4.74 Å². The Hall–Kier alpha value is -4.27. The van der Waals surface area contributed by atoms with Crippen molar-refractivity contribution in [3.05, 3.63) is 84.3 Å². The van der Waals surface area contributed by atoms with Gasteiger partial charge in [0, 0.05) is 25.1 Å². The molecule has 4 rings (SSSR count). The van der Waals surface area contributed by atoms with Crippen LogP contribution >= 0.6 is 0 Å². The van der Waals surface area contributed by atoms with E-state index in [-0.39, 0.29) is 43.0 Å². The Morgan fingerprint density at radius 1 is 0.976 bits per heavy atom. The van der Waals surface area contributed by atoms with Crippen molar-refractivity contribution < 1.29 is 23.5 Å². The Balaban J connectivity index is 1.62. The number of pyridine rings is 1. The van der Waals surface area contributed by atoms with Gasteiger partial charge in [-0.25, -0.2) is 9.37 Å². The highest BCUT2D eigenvalue weighted by molar-refractivity contribution is 6.02. The molecule has 3 aromatic rings. The second-order valence-corrected chi connectivity index (χ2v) is 10.1. The maximum atomic E-state index is 14.0. The number of rotatable bonds is 12. The molecule has 2 N–H and O–H groups in total. The van der Waals surface area contributed by atoms with Gasteiger partial charge in [-0.15, -0.1) is 0 Å². The normalized spacial score (nSPS) is 14.1. The number of para-hydroxylation sites is 2. The van der Waals surface area contributed by atoms with Crippen LogP contribution in [-0.2, 0) is 14.4 Å². The zero-order valence-electron chi connectivity index (χ0n) is 23.4. The number of carbonyl (C=O) groups is 3. The summed E-state index contributed by atoms with van der Waals surface area (Å²) in [5.74, 6) is -0.498. The van der Waals surface area contributed by atoms with Gasteiger partial charge < -0.3 is 15.4 Å². The van der Waals surface area contributed by atoms with Crippen LogP contribution in [0, 0.1) is 5.82 Å². The van der Waals surface area contributed by atoms with Crippen LogP contribution in [0.4, 0.5) is 15.9 Å². The Labute approximate surface area is 240 Å². The maximum Gasteiger partial charge on any atom is 0.248 e. The minimum atomic E-state index is -1.06. The smallest absolute Gasteiger partial charge is 0.248 e. The average Bonchev–Trinajstić information content (AvgIpc) is 2.98. The number of amides is 3. The summed E-state index contributed by atoms with van der Waals surface area (Å²) in [6.07, 6.45) is 6.88. The number of carbonyl (C=O) groups excluding carboxylic acids is 3. The van der Waals surface area contributed by atoms with Gasteiger partial charge in [0.15, 0.2) is 0 Å². The molecule has 1 heterocycles. The molecule has 0 unspecified atom stereocenters. The van der Waals surface area contributed by atoms with E-state index in [0.29, 0.717) is 29.4 Å². The first-order valence-electron chi connectivity index (χ1n) is 14.3. The van der Waals surface area contributed by atoms with Gasteiger partial charge in [-0.2, -0.15) is 0 Å². The SMILES string of the molecule is CCOc1ccccc1N(C(=O)CCCC(=O)Nc1ccccn1)[C@@H](C(=O)NC1CCCCC1)c1ccc(F)cc1. The molecule has 41 heavy (non-hydrogen) atoms. The molecule has 1 fully saturated rings. The first-order valence-corrected chi connectivity index (χ1v) is 14.3. The monoisotopic (exact) mass is 560 g/mol. The lowest BCUT2D eigenvalue weighted by atomic mass is 9.94. The van der Waals surface area contributed by atoms with Crippen LogP contribution in [0.5, 0.6) is 5.75 Å². The van der Waals surface area contributed by atoms with Gasteiger partial charge in [-0.05, 0) is 68.1 Å². The number of nitrogens with zero attached hydrogens (tertiary/aromatic N) is 2. The summed E-state index contributed by atoms with van der Waals surface area (Å²) < 4.78 is 19.8. The molecule has 1 saturated carbocycles. The third kappa shape index (κ3) is 8.36. The van der Waals surface area contributed by atoms with Crippen molar-refractivity contribution in [1.29, 1.82) is 0 Å². The van der Waals surface area contributed by atoms with Crippen molar-refractivity contribution in [2.24, 2.45) is 0 Å². The van der Waals surface area contributed by atoms with Crippen LogP contribution in [0.25, 0.3) is 0 Å². The number of hydrogen-bond acceptors (Lipinski definition) is 5. The van der Waals surface area contributed by atoms with Crippen LogP contribution in [0.3, 0.4) is 0 Å². The van der Waals surface area contributed by atoms with Crippen LogP contribution in [0.1, 0.15) is 69.9 Å². The predicted octanol–water partition coefficient (Wildman–Crippen LogP) is 5.95. The van der Waals surface area contributed by atoms with E-state index in [1.165, 1.54) is 29.2 Å². The lowest BCUT2D eigenvalue weighted by Gasteiger charge is -2.34. The van der Waals surface area contributed by atoms with Crippen molar-refractivity contribution >= 4 is 29.2 Å². The summed E-state index contributed by atoms with van der Waals surface area (Å²) >= 11 is 0. The third-order valence-corrected chi connectivity index (χ3v) is 7.06. The van der Waals surface area contributed by atoms with Crippen molar-refractivity contribution in [1.82, 2.24) is 10.3 Å². The average molecular weight is 561 g/mol. The van der Waals surface area contributed by atoms with Crippen LogP contribution in [0.2, 0.25) is 0 Å². The summed E-state index contributed by atoms with van der Waals surface area (Å²) in [6, 6.07) is 16.9. The second-order valence-electron chi connectivity index (χ2n) is 10.1. The van der Waals surface area contributed by atoms with Crippen LogP contribution in [0.15, 0.2) is 72.9 Å². The second kappa shape index (κ2) is 14.9. The van der Waals surface area contributed by atoms with Crippen LogP contribution < -0.4 is 20.3 Å². The molecule has 1 aromatic heterocycles. The van der Waals surface area contributed by atoms with Gasteiger partial charge in [0.05, 0.1) is 12.3 Å². The topological polar surface area (TPSA) is 101 Å². The van der Waals surface area contributed by atoms with Gasteiger partial charge in [0.25, 0.3) is 0 Å². The molecule has 1 atom stereocenters. The first kappa shape index (κ1) is 29.7. The summed E-state index contributed by atoms with van der Waals surface area (Å²) in [5, 5.41) is 5.88. The Kier molecular flexibility index (Phi) is 10.8. The maximum absolute atomic E-state index is 14.0. The van der Waals surface area contributed by atoms with Crippen LogP contribution in [-0.4, -0.2) is 35.4 Å². The molecule has 2 aromatic carbocycles. The third-order valence-electron chi connectivity index (χ3n) is 7.06. The summed E-state index contributed by atoms with van der Waals surface area (Å²) in [5.41, 5.74) is 0.915. The molecule has 0 saturated heterocycles. The van der Waals surface area contributed by atoms with Crippen molar-refractivity contribution in [3.8, 4) is 5.75 Å². The summed E-state index contributed by atoms with van der Waals surface area (Å²) in [6.45, 7) is 2.21. The van der Waals surface area contributed by atoms with Gasteiger partial charge in [0.1, 0.15) is 23.4 Å². The van der Waals surface area contributed by atoms with Crippen molar-refractivity contribution in [3.63, 3.8) is 0 Å². The van der Waals surface area contributed by atoms with E-state index in [9.17, 15) is 18.8 Å². The number of aromatic nitrogens is 1. The fraction of sp³-hybridized carbons (Fsp3) is 0.375. The molecule has 3 amide bonds. The van der Waals surface area contributed by atoms with Gasteiger partial charge in [0.2, 0.25) is 17.7 Å². The molecule has 216 valence electrons. The molecule has 0 spiro atoms. The highest BCUT2D eigenvalue weighted by atomic mass is 19.1. The quantitative estimate of drug-likeness (QED) is 0.285. The minimum Gasteiger partial charge on any atom is -0.492 e. The van der Waals surface area contributed by atoms with Crippen molar-refractivity contribution in [2.75, 3.05) is 16.8 Å². The fourth-order valence-electron chi connectivity index (χ4n) is 5.10. The van der Waals surface area contributed by atoms with Gasteiger partial charge >= 0.3 is 0 Å². The molecule has 8 nitrogen and oxygen atoms in total. The standard InChI is InChI=1S/C32H37FN4O4/c1-2-41-27-14-7-6-13-26(27)37(30(39)17-10-16-29(38)36-28-15-8-9-22-34-28)31(23-18-20-24(33)21-19-23)32(40)35-25-11-4-3-5-12-25/h6-9,13-15,18-22,25,31H,2-5,10-12,16-17H2,1H3,(H,35,40)(H,34,36,38)/t31-/m1/s1. The number of anilines is 2. The predicted molar refractivity (Wildman–Crippen MR) is 156 cm³/mol.